The molecule has 0 radical (unpaired) electrons. The first-order valence-corrected chi connectivity index (χ1v) is 13.9. The molecule has 190 valence electrons. The smallest absolute Gasteiger partial charge is 0.315 e. The van der Waals surface area contributed by atoms with Gasteiger partial charge in [-0.3, -0.25) is 14.6 Å². The Hall–Kier alpha value is -2.57. The van der Waals surface area contributed by atoms with Crippen molar-refractivity contribution in [3.8, 4) is 0 Å². The van der Waals surface area contributed by atoms with Crippen molar-refractivity contribution in [1.82, 2.24) is 0 Å². The van der Waals surface area contributed by atoms with Gasteiger partial charge in [0.2, 0.25) is 0 Å². The number of halogens is 1. The first-order chi connectivity index (χ1) is 17.3. The number of carbonyl (C=O) groups is 2. The number of nitrogens with zero attached hydrogens (tertiary/aromatic N) is 2. The quantitative estimate of drug-likeness (QED) is 0.300. The van der Waals surface area contributed by atoms with Crippen LogP contribution in [0.25, 0.3) is 0 Å². The number of hydrogen-bond donors (Lipinski definition) is 0. The summed E-state index contributed by atoms with van der Waals surface area (Å²) in [5.41, 5.74) is 5.22. The summed E-state index contributed by atoms with van der Waals surface area (Å²) in [7, 11) is 3.98. The van der Waals surface area contributed by atoms with E-state index in [1.54, 1.807) is 11.8 Å². The summed E-state index contributed by atoms with van der Waals surface area (Å²) in [6, 6.07) is 15.8. The van der Waals surface area contributed by atoms with E-state index in [-0.39, 0.29) is 17.7 Å². The lowest BCUT2D eigenvalue weighted by molar-refractivity contribution is -0.145. The van der Waals surface area contributed by atoms with Crippen LogP contribution in [0.5, 0.6) is 0 Å². The monoisotopic (exact) mass is 524 g/mol. The van der Waals surface area contributed by atoms with Gasteiger partial charge in [-0.15, -0.1) is 0 Å². The minimum atomic E-state index is -0.614. The van der Waals surface area contributed by atoms with E-state index >= 15 is 0 Å². The molecule has 0 saturated carbocycles. The Morgan fingerprint density at radius 2 is 1.75 bits per heavy atom. The number of ether oxygens (including phenoxy) is 1. The van der Waals surface area contributed by atoms with E-state index in [0.717, 1.165) is 34.0 Å². The van der Waals surface area contributed by atoms with Crippen molar-refractivity contribution in [3.63, 3.8) is 0 Å². The Morgan fingerprint density at radius 3 is 2.39 bits per heavy atom. The van der Waals surface area contributed by atoms with Crippen LogP contribution in [0, 0.1) is 5.92 Å². The Morgan fingerprint density at radius 1 is 1.08 bits per heavy atom. The van der Waals surface area contributed by atoms with Gasteiger partial charge in [-0.2, -0.15) is 11.8 Å². The predicted molar refractivity (Wildman–Crippen MR) is 150 cm³/mol. The van der Waals surface area contributed by atoms with Gasteiger partial charge in [0.15, 0.2) is 5.78 Å². The van der Waals surface area contributed by atoms with Crippen molar-refractivity contribution >= 4 is 46.5 Å². The van der Waals surface area contributed by atoms with Crippen molar-refractivity contribution in [2.45, 2.75) is 38.5 Å². The molecule has 2 aliphatic rings. The Labute approximate surface area is 223 Å². The molecule has 0 aromatic heterocycles. The average molecular weight is 525 g/mol. The third-order valence-electron chi connectivity index (χ3n) is 6.93. The number of benzene rings is 2. The number of thioether (sulfide) groups is 1. The highest BCUT2D eigenvalue weighted by Crippen LogP contribution is 2.47. The molecule has 0 spiro atoms. The lowest BCUT2D eigenvalue weighted by Crippen LogP contribution is -2.38. The topological polar surface area (TPSA) is 59.0 Å². The largest absolute Gasteiger partial charge is 0.464 e. The van der Waals surface area contributed by atoms with Crippen LogP contribution in [0.4, 0.5) is 5.69 Å². The van der Waals surface area contributed by atoms with Crippen LogP contribution >= 0.6 is 23.4 Å². The normalized spacial score (nSPS) is 21.6. The molecule has 0 bridgehead atoms. The van der Waals surface area contributed by atoms with Gasteiger partial charge in [0, 0.05) is 59.9 Å². The molecule has 4 rings (SSSR count). The van der Waals surface area contributed by atoms with Crippen LogP contribution in [-0.4, -0.2) is 49.7 Å². The molecule has 1 aliphatic carbocycles. The van der Waals surface area contributed by atoms with Gasteiger partial charge in [-0.25, -0.2) is 0 Å². The second-order valence-electron chi connectivity index (χ2n) is 9.50. The molecular formula is C29H33ClN2O3S. The van der Waals surface area contributed by atoms with E-state index in [2.05, 4.69) is 6.92 Å². The van der Waals surface area contributed by atoms with Gasteiger partial charge in [-0.05, 0) is 60.4 Å². The van der Waals surface area contributed by atoms with Crippen molar-refractivity contribution < 1.29 is 14.3 Å². The molecule has 3 atom stereocenters. The fourth-order valence-corrected chi connectivity index (χ4v) is 5.73. The van der Waals surface area contributed by atoms with E-state index in [0.29, 0.717) is 35.8 Å². The second kappa shape index (κ2) is 11.7. The lowest BCUT2D eigenvalue weighted by Gasteiger charge is -2.36. The molecular weight excluding hydrogens is 492 g/mol. The molecule has 1 heterocycles. The Bertz CT molecular complexity index is 1170. The second-order valence-corrected chi connectivity index (χ2v) is 11.3. The maximum Gasteiger partial charge on any atom is 0.315 e. The minimum Gasteiger partial charge on any atom is -0.464 e. The standard InChI is InChI=1S/C29H33ClN2O3S/c1-5-36-15-14-35-29(34)26-18(2)31-24-16-21(19-6-10-22(30)11-7-19)17-25(33)28(24)27(26)20-8-12-23(13-9-20)32(3)4/h6-13,21,26-27H,5,14-17H2,1-4H3/t21-,26?,27-/m1/s1. The zero-order valence-corrected chi connectivity index (χ0v) is 22.9. The van der Waals surface area contributed by atoms with E-state index < -0.39 is 11.8 Å². The van der Waals surface area contributed by atoms with Crippen LogP contribution in [0.3, 0.4) is 0 Å². The van der Waals surface area contributed by atoms with Gasteiger partial charge in [0.25, 0.3) is 0 Å². The van der Waals surface area contributed by atoms with Gasteiger partial charge >= 0.3 is 5.97 Å². The molecule has 0 N–H and O–H groups in total. The number of rotatable bonds is 8. The summed E-state index contributed by atoms with van der Waals surface area (Å²) in [5, 5.41) is 0.673. The summed E-state index contributed by atoms with van der Waals surface area (Å²) < 4.78 is 5.69. The summed E-state index contributed by atoms with van der Waals surface area (Å²) in [4.78, 5) is 33.9. The highest BCUT2D eigenvalue weighted by atomic mass is 35.5. The number of carbonyl (C=O) groups excluding carboxylic acids is 2. The number of allylic oxidation sites excluding steroid dienone is 2. The summed E-state index contributed by atoms with van der Waals surface area (Å²) >= 11 is 7.81. The zero-order chi connectivity index (χ0) is 25.8. The van der Waals surface area contributed by atoms with Crippen molar-refractivity contribution in [2.75, 3.05) is 37.1 Å². The third kappa shape index (κ3) is 5.70. The molecule has 7 heteroatoms. The van der Waals surface area contributed by atoms with Crippen molar-refractivity contribution in [2.24, 2.45) is 10.9 Å². The van der Waals surface area contributed by atoms with Gasteiger partial charge < -0.3 is 9.64 Å². The SMILES string of the molecule is CCSCCOC(=O)C1C(C)=NC2=C(C(=O)C[C@H](c3ccc(Cl)cc3)C2)[C@@H]1c1ccc(N(C)C)cc1. The summed E-state index contributed by atoms with van der Waals surface area (Å²) in [5.74, 6) is 0.485. The van der Waals surface area contributed by atoms with E-state index in [9.17, 15) is 9.59 Å². The van der Waals surface area contributed by atoms with E-state index in [1.807, 2.05) is 74.4 Å². The zero-order valence-electron chi connectivity index (χ0n) is 21.3. The molecule has 2 aromatic carbocycles. The molecule has 1 aliphatic heterocycles. The molecule has 0 saturated heterocycles. The Kier molecular flexibility index (Phi) is 8.58. The first kappa shape index (κ1) is 26.5. The van der Waals surface area contributed by atoms with Gasteiger partial charge in [0.05, 0.1) is 0 Å². The molecule has 1 unspecified atom stereocenters. The summed E-state index contributed by atoms with van der Waals surface area (Å²) in [6.07, 6.45) is 1.04. The fraction of sp³-hybridized carbons (Fsp3) is 0.414. The van der Waals surface area contributed by atoms with E-state index in [1.165, 1.54) is 0 Å². The number of hydrogen-bond acceptors (Lipinski definition) is 6. The highest BCUT2D eigenvalue weighted by molar-refractivity contribution is 7.99. The van der Waals surface area contributed by atoms with Gasteiger partial charge in [-0.1, -0.05) is 42.8 Å². The van der Waals surface area contributed by atoms with Crippen LogP contribution in [-0.2, 0) is 14.3 Å². The van der Waals surface area contributed by atoms with Crippen LogP contribution in [0.2, 0.25) is 5.02 Å². The van der Waals surface area contributed by atoms with Gasteiger partial charge in [0.1, 0.15) is 12.5 Å². The lowest BCUT2D eigenvalue weighted by atomic mass is 9.69. The van der Waals surface area contributed by atoms with Crippen LogP contribution in [0.15, 0.2) is 64.8 Å². The maximum absolute atomic E-state index is 13.7. The summed E-state index contributed by atoms with van der Waals surface area (Å²) in [6.45, 7) is 4.32. The molecule has 36 heavy (non-hydrogen) atoms. The van der Waals surface area contributed by atoms with Crippen molar-refractivity contribution in [1.29, 1.82) is 0 Å². The molecule has 0 amide bonds. The molecule has 5 nitrogen and oxygen atoms in total. The number of Topliss-reactive ketones (excluding diaryl/α,β-unsaturated/α-hetero) is 1. The van der Waals surface area contributed by atoms with Crippen molar-refractivity contribution in [3.05, 3.63) is 76.0 Å². The number of aliphatic imine (C=N–C) groups is 1. The Balaban J connectivity index is 1.71. The fourth-order valence-electron chi connectivity index (χ4n) is 5.11. The third-order valence-corrected chi connectivity index (χ3v) is 8.04. The number of anilines is 1. The number of esters is 1. The van der Waals surface area contributed by atoms with E-state index in [4.69, 9.17) is 21.3 Å². The average Bonchev–Trinajstić information content (AvgIpc) is 2.86. The first-order valence-electron chi connectivity index (χ1n) is 12.4. The predicted octanol–water partition coefficient (Wildman–Crippen LogP) is 6.28. The minimum absolute atomic E-state index is 0.0383. The number of ketones is 1. The molecule has 0 fully saturated rings. The van der Waals surface area contributed by atoms with Crippen LogP contribution in [0.1, 0.15) is 49.7 Å². The molecule has 2 aromatic rings. The highest BCUT2D eigenvalue weighted by Gasteiger charge is 2.44. The van der Waals surface area contributed by atoms with Crippen LogP contribution < -0.4 is 4.90 Å². The maximum atomic E-state index is 13.7.